The van der Waals surface area contributed by atoms with Crippen LogP contribution in [0.1, 0.15) is 13.8 Å². The number of hydrogen-bond donors (Lipinski definition) is 7. The van der Waals surface area contributed by atoms with Gasteiger partial charge in [-0.3, -0.25) is 23.2 Å². The minimum Gasteiger partial charge on any atom is -0.790 e. The van der Waals surface area contributed by atoms with Gasteiger partial charge in [0, 0.05) is 27.9 Å². The maximum absolute atomic E-state index is 11.8. The van der Waals surface area contributed by atoms with Crippen molar-refractivity contribution in [1.29, 1.82) is 0 Å². The molecule has 0 saturated carbocycles. The Hall–Kier alpha value is -3.25. The van der Waals surface area contributed by atoms with Gasteiger partial charge in [0.2, 0.25) is 46.3 Å². The fourth-order valence-electron chi connectivity index (χ4n) is 7.24. The first kappa shape index (κ1) is 42.9. The number of amidine groups is 2. The fourth-order valence-corrected chi connectivity index (χ4v) is 10.1. The highest BCUT2D eigenvalue weighted by molar-refractivity contribution is 7.64. The number of ether oxygens (including phenoxy) is 2. The lowest BCUT2D eigenvalue weighted by Gasteiger charge is -2.37. The van der Waals surface area contributed by atoms with Gasteiger partial charge < -0.3 is 63.7 Å². The van der Waals surface area contributed by atoms with Gasteiger partial charge in [-0.2, -0.15) is 0 Å². The standard InChI is InChI=1S/C13H21N6O13P3.C13H18N6O4/c1-6-16-17(2)11-8-12(15-4-14-11)19(5-18(6)8)13-10(21)9(20)7(30-13)3-29-34(25,26)32-35(27,28)31-33(22,23)24;1-6-16-17(2)11-8-12(15-4-14-11)19(5-18(6)8)13-10(22)9(21)7(3-20)23-13/h4,7,9-10,13,20-21H,3,5H2,1-2H3,(H,25,26)(H,27,28)(H2,22,23,24);4,7,9-10,13,20-22H,3,5H2,1-2H3/p-2. The van der Waals surface area contributed by atoms with Gasteiger partial charge in [-0.15, -0.1) is 10.2 Å². The second-order valence-corrected chi connectivity index (χ2v) is 17.7. The van der Waals surface area contributed by atoms with E-state index in [1.807, 2.05) is 14.0 Å². The molecule has 6 aliphatic heterocycles. The maximum atomic E-state index is 11.8. The molecule has 2 fully saturated rings. The third-order valence-corrected chi connectivity index (χ3v) is 13.4. The smallest absolute Gasteiger partial charge is 0.278 e. The molecule has 0 aromatic carbocycles. The SMILES string of the molecule is CC1=NN(C)c2ncnc3c2[NH+]1CN3C1OC(CO)C(O)C1O.CC1=NN(C)c2ncnc3c2[NH+]1CN3C1OC(COP(=O)([O-])OP(=O)([O-])OP(=O)([O-])[O-])C(O)C1O. The Labute approximate surface area is 327 Å². The molecule has 2 aromatic rings. The Balaban J connectivity index is 0.000000192. The molecule has 7 N–H and O–H groups in total. The molecule has 8 heterocycles. The van der Waals surface area contributed by atoms with Crippen molar-refractivity contribution in [2.75, 3.05) is 60.5 Å². The van der Waals surface area contributed by atoms with Crippen LogP contribution in [0.5, 0.6) is 0 Å². The summed E-state index contributed by atoms with van der Waals surface area (Å²) >= 11 is 0. The summed E-state index contributed by atoms with van der Waals surface area (Å²) in [4.78, 5) is 65.9. The first-order valence-electron chi connectivity index (χ1n) is 17.0. The summed E-state index contributed by atoms with van der Waals surface area (Å²) in [7, 11) is -14.6. The number of aliphatic hydroxyl groups is 5. The first-order chi connectivity index (χ1) is 27.1. The zero-order chi connectivity index (χ0) is 42.2. The van der Waals surface area contributed by atoms with Crippen molar-refractivity contribution >= 4 is 69.8 Å². The fraction of sp³-hybridized carbons (Fsp3) is 0.615. The number of nitrogens with one attached hydrogen (secondary N) is 2. The lowest BCUT2D eigenvalue weighted by atomic mass is 10.1. The summed E-state index contributed by atoms with van der Waals surface area (Å²) in [5.41, 5.74) is 1.52. The number of rotatable bonds is 10. The second-order valence-electron chi connectivity index (χ2n) is 13.5. The minimum absolute atomic E-state index is 0.163. The van der Waals surface area contributed by atoms with E-state index in [1.165, 1.54) is 17.6 Å². The van der Waals surface area contributed by atoms with E-state index in [1.54, 1.807) is 28.9 Å². The lowest BCUT2D eigenvalue weighted by molar-refractivity contribution is -0.725. The second kappa shape index (κ2) is 15.7. The molecule has 0 amide bonds. The molecule has 12 atom stereocenters. The van der Waals surface area contributed by atoms with Gasteiger partial charge in [0.15, 0.2) is 25.8 Å². The topological polar surface area (TPSA) is 389 Å². The van der Waals surface area contributed by atoms with Crippen LogP contribution < -0.4 is 49.2 Å². The molecule has 6 aliphatic rings. The van der Waals surface area contributed by atoms with Crippen molar-refractivity contribution in [2.24, 2.45) is 10.2 Å². The van der Waals surface area contributed by atoms with Gasteiger partial charge in [-0.1, -0.05) is 0 Å². The zero-order valence-corrected chi connectivity index (χ0v) is 33.2. The molecule has 12 unspecified atom stereocenters. The Bertz CT molecular complexity index is 2140. The molecular formula is C26H37N12O17P3-2. The Morgan fingerprint density at radius 3 is 1.57 bits per heavy atom. The quantitative estimate of drug-likeness (QED) is 0.109. The minimum atomic E-state index is -6.14. The molecule has 8 rings (SSSR count). The van der Waals surface area contributed by atoms with Crippen LogP contribution in [0.3, 0.4) is 0 Å². The molecule has 32 heteroatoms. The Kier molecular flexibility index (Phi) is 11.6. The van der Waals surface area contributed by atoms with Crippen LogP contribution in [0.4, 0.5) is 34.6 Å². The van der Waals surface area contributed by atoms with Crippen LogP contribution in [0.25, 0.3) is 0 Å². The third kappa shape index (κ3) is 8.02. The summed E-state index contributed by atoms with van der Waals surface area (Å²) in [5.74, 6) is 3.71. The molecule has 320 valence electrons. The molecular weight excluding hydrogens is 845 g/mol. The molecule has 0 radical (unpaired) electrons. The third-order valence-electron chi connectivity index (χ3n) is 9.77. The maximum Gasteiger partial charge on any atom is 0.278 e. The van der Waals surface area contributed by atoms with E-state index in [2.05, 4.69) is 43.3 Å². The van der Waals surface area contributed by atoms with E-state index in [0.29, 0.717) is 41.5 Å². The van der Waals surface area contributed by atoms with Gasteiger partial charge in [-0.05, 0) is 0 Å². The van der Waals surface area contributed by atoms with E-state index in [-0.39, 0.29) is 13.3 Å². The highest BCUT2D eigenvalue weighted by Crippen LogP contribution is 2.60. The lowest BCUT2D eigenvalue weighted by Crippen LogP contribution is -3.10. The highest BCUT2D eigenvalue weighted by atomic mass is 31.3. The number of anilines is 4. The normalized spacial score (nSPS) is 33.2. The van der Waals surface area contributed by atoms with Gasteiger partial charge >= 0.3 is 0 Å². The van der Waals surface area contributed by atoms with Gasteiger partial charge in [0.25, 0.3) is 15.6 Å². The van der Waals surface area contributed by atoms with Gasteiger partial charge in [0.05, 0.1) is 21.0 Å². The van der Waals surface area contributed by atoms with Crippen LogP contribution >= 0.6 is 23.5 Å². The van der Waals surface area contributed by atoms with Gasteiger partial charge in [0.1, 0.15) is 49.3 Å². The number of phosphoric ester groups is 1. The predicted octanol–water partition coefficient (Wildman–Crippen LogP) is -8.19. The highest BCUT2D eigenvalue weighted by Gasteiger charge is 2.54. The molecule has 0 aliphatic carbocycles. The van der Waals surface area contributed by atoms with Crippen molar-refractivity contribution in [2.45, 2.75) is 62.9 Å². The number of quaternary nitrogens is 2. The molecule has 0 spiro atoms. The summed E-state index contributed by atoms with van der Waals surface area (Å²) < 4.78 is 55.5. The Morgan fingerprint density at radius 1 is 0.707 bits per heavy atom. The van der Waals surface area contributed by atoms with Crippen LogP contribution in [0.2, 0.25) is 0 Å². The zero-order valence-electron chi connectivity index (χ0n) is 30.6. The summed E-state index contributed by atoms with van der Waals surface area (Å²) in [5, 5.41) is 62.5. The van der Waals surface area contributed by atoms with Gasteiger partial charge in [-0.25, -0.2) is 44.1 Å². The van der Waals surface area contributed by atoms with Crippen molar-refractivity contribution in [3.63, 3.8) is 0 Å². The average Bonchev–Trinajstić information content (AvgIpc) is 3.86. The number of aromatic nitrogens is 4. The van der Waals surface area contributed by atoms with Crippen LogP contribution in [-0.2, 0) is 36.3 Å². The Morgan fingerprint density at radius 2 is 1.14 bits per heavy atom. The number of nitrogens with zero attached hydrogens (tertiary/aromatic N) is 10. The van der Waals surface area contributed by atoms with E-state index in [0.717, 1.165) is 21.3 Å². The largest absolute Gasteiger partial charge is 0.790 e. The van der Waals surface area contributed by atoms with Crippen LogP contribution in [0.15, 0.2) is 22.9 Å². The average molecular weight is 883 g/mol. The summed E-state index contributed by atoms with van der Waals surface area (Å²) in [6, 6.07) is 0. The molecule has 0 bridgehead atoms. The monoisotopic (exact) mass is 882 g/mol. The van der Waals surface area contributed by atoms with Crippen LogP contribution in [0, 0.1) is 0 Å². The van der Waals surface area contributed by atoms with Crippen molar-refractivity contribution in [3.05, 3.63) is 12.7 Å². The van der Waals surface area contributed by atoms with E-state index < -0.39 is 79.2 Å². The number of hydrogen-bond acceptors (Lipinski definition) is 27. The number of hydrazone groups is 2. The first-order valence-corrected chi connectivity index (χ1v) is 21.4. The summed E-state index contributed by atoms with van der Waals surface area (Å²) in [6.07, 6.45) is -7.17. The molecule has 58 heavy (non-hydrogen) atoms. The predicted molar refractivity (Wildman–Crippen MR) is 182 cm³/mol. The van der Waals surface area contributed by atoms with Crippen LogP contribution in [-0.4, -0.2) is 147 Å². The van der Waals surface area contributed by atoms with Crippen molar-refractivity contribution < 1.29 is 91.2 Å². The molecule has 2 aromatic heterocycles. The summed E-state index contributed by atoms with van der Waals surface area (Å²) in [6.45, 7) is 2.89. The van der Waals surface area contributed by atoms with E-state index in [4.69, 9.17) is 9.47 Å². The van der Waals surface area contributed by atoms with Crippen molar-refractivity contribution in [3.8, 4) is 0 Å². The molecule has 29 nitrogen and oxygen atoms in total. The molecule has 2 saturated heterocycles. The number of aliphatic hydroxyl groups excluding tert-OH is 5. The number of phosphoric acid groups is 3. The van der Waals surface area contributed by atoms with E-state index in [9.17, 15) is 58.8 Å². The van der Waals surface area contributed by atoms with E-state index >= 15 is 0 Å². The van der Waals surface area contributed by atoms with Crippen molar-refractivity contribution in [1.82, 2.24) is 19.9 Å².